The van der Waals surface area contributed by atoms with Crippen molar-refractivity contribution >= 4 is 36.3 Å². The van der Waals surface area contributed by atoms with Crippen molar-refractivity contribution in [3.63, 3.8) is 0 Å². The molecule has 0 aromatic heterocycles. The van der Waals surface area contributed by atoms with Gasteiger partial charge in [-0.2, -0.15) is 0 Å². The van der Waals surface area contributed by atoms with Gasteiger partial charge in [0.05, 0.1) is 6.72 Å². The molecule has 0 spiro atoms. The van der Waals surface area contributed by atoms with Crippen molar-refractivity contribution in [2.45, 2.75) is 66.5 Å². The molecule has 0 saturated carbocycles. The molecule has 2 heterocycles. The molecular formula is C33H39NSi. The Morgan fingerprint density at radius 1 is 1.00 bits per heavy atom. The number of aryl methyl sites for hydroxylation is 1. The first-order valence-electron chi connectivity index (χ1n) is 13.0. The second-order valence-electron chi connectivity index (χ2n) is 12.4. The lowest BCUT2D eigenvalue weighted by Gasteiger charge is -2.35. The third-order valence-electron chi connectivity index (χ3n) is 7.91. The summed E-state index contributed by atoms with van der Waals surface area (Å²) in [5.41, 5.74) is 8.54. The van der Waals surface area contributed by atoms with Gasteiger partial charge in [0.1, 0.15) is 20.3 Å². The molecule has 1 nitrogen and oxygen atoms in total. The second kappa shape index (κ2) is 8.10. The highest BCUT2D eigenvalue weighted by molar-refractivity contribution is 6.99. The zero-order valence-electron chi connectivity index (χ0n) is 22.7. The first-order chi connectivity index (χ1) is 16.4. The number of nitrogens with zero attached hydrogens (tertiary/aromatic N) is 1. The van der Waals surface area contributed by atoms with E-state index in [1.807, 2.05) is 0 Å². The van der Waals surface area contributed by atoms with Crippen LogP contribution in [0.1, 0.15) is 62.4 Å². The van der Waals surface area contributed by atoms with Gasteiger partial charge in [-0.05, 0) is 56.5 Å². The summed E-state index contributed by atoms with van der Waals surface area (Å²) in [6.07, 6.45) is 5.62. The van der Waals surface area contributed by atoms with Crippen LogP contribution in [0.2, 0.25) is 13.1 Å². The quantitative estimate of drug-likeness (QED) is 0.207. The molecule has 0 bridgehead atoms. The average Bonchev–Trinajstić information content (AvgIpc) is 3.01. The Morgan fingerprint density at radius 3 is 2.34 bits per heavy atom. The SMILES string of the molecule is C=[N+]1C=CC2=C([C-]1c1cc(C(C)(C)C)c3ccccc3c1C)[Si](C)(C)c1c(CC(C)C)cccc12. The summed E-state index contributed by atoms with van der Waals surface area (Å²) >= 11 is 0. The van der Waals surface area contributed by atoms with Gasteiger partial charge in [-0.3, -0.25) is 4.58 Å². The monoisotopic (exact) mass is 477 g/mol. The largest absolute Gasteiger partial charge is 0.255 e. The van der Waals surface area contributed by atoms with Crippen molar-refractivity contribution in [2.24, 2.45) is 5.92 Å². The van der Waals surface area contributed by atoms with E-state index in [0.717, 1.165) is 6.42 Å². The lowest BCUT2D eigenvalue weighted by molar-refractivity contribution is -0.418. The van der Waals surface area contributed by atoms with Crippen LogP contribution < -0.4 is 5.19 Å². The minimum absolute atomic E-state index is 0.0480. The Labute approximate surface area is 212 Å². The normalized spacial score (nSPS) is 16.9. The van der Waals surface area contributed by atoms with Crippen LogP contribution >= 0.6 is 0 Å². The molecule has 0 N–H and O–H groups in total. The summed E-state index contributed by atoms with van der Waals surface area (Å²) in [6.45, 7) is 23.6. The highest BCUT2D eigenvalue weighted by Crippen LogP contribution is 2.47. The van der Waals surface area contributed by atoms with Gasteiger partial charge in [0.15, 0.2) is 0 Å². The number of hydrogen-bond acceptors (Lipinski definition) is 0. The fourth-order valence-electron chi connectivity index (χ4n) is 6.42. The molecule has 0 unspecified atom stereocenters. The fraction of sp³-hybridized carbons (Fsp3) is 0.333. The summed E-state index contributed by atoms with van der Waals surface area (Å²) < 4.78 is 2.14. The van der Waals surface area contributed by atoms with Crippen molar-refractivity contribution in [3.8, 4) is 0 Å². The van der Waals surface area contributed by atoms with E-state index in [1.165, 1.54) is 50.2 Å². The van der Waals surface area contributed by atoms with Crippen LogP contribution in [-0.4, -0.2) is 19.4 Å². The third kappa shape index (κ3) is 3.65. The van der Waals surface area contributed by atoms with Crippen molar-refractivity contribution in [2.75, 3.05) is 0 Å². The zero-order valence-corrected chi connectivity index (χ0v) is 23.7. The standard InChI is InChI=1S/C33H39NSi/c1-21(2)19-23-13-12-16-26-27-17-18-34(7)30(32(27)35(8,9)31(23)26)28-20-29(33(4,5)6)25-15-11-10-14-24(25)22(28)3/h10-18,20-21H,7,19H2,1-6,8-9H3. The molecule has 2 aliphatic heterocycles. The number of benzene rings is 3. The predicted molar refractivity (Wildman–Crippen MR) is 155 cm³/mol. The van der Waals surface area contributed by atoms with Crippen molar-refractivity contribution in [3.05, 3.63) is 99.9 Å². The van der Waals surface area contributed by atoms with Gasteiger partial charge in [0.25, 0.3) is 0 Å². The van der Waals surface area contributed by atoms with Gasteiger partial charge >= 0.3 is 0 Å². The first-order valence-corrected chi connectivity index (χ1v) is 16.0. The third-order valence-corrected chi connectivity index (χ3v) is 11.5. The highest BCUT2D eigenvalue weighted by atomic mass is 28.3. The van der Waals surface area contributed by atoms with E-state index in [2.05, 4.69) is 127 Å². The summed E-state index contributed by atoms with van der Waals surface area (Å²) in [4.78, 5) is 0. The molecule has 3 aromatic carbocycles. The molecule has 0 radical (unpaired) electrons. The van der Waals surface area contributed by atoms with E-state index in [1.54, 1.807) is 10.4 Å². The van der Waals surface area contributed by atoms with E-state index in [9.17, 15) is 0 Å². The lowest BCUT2D eigenvalue weighted by Crippen LogP contribution is -2.47. The lowest BCUT2D eigenvalue weighted by atomic mass is 9.79. The Bertz CT molecular complexity index is 1430. The van der Waals surface area contributed by atoms with Crippen LogP contribution in [-0.2, 0) is 11.8 Å². The molecule has 2 heteroatoms. The van der Waals surface area contributed by atoms with Crippen LogP contribution in [0, 0.1) is 18.9 Å². The fourth-order valence-corrected chi connectivity index (χ4v) is 10.3. The molecule has 0 saturated heterocycles. The van der Waals surface area contributed by atoms with Gasteiger partial charge in [-0.15, -0.1) is 0 Å². The maximum Gasteiger partial charge on any atom is 0.147 e. The molecule has 2 aliphatic rings. The van der Waals surface area contributed by atoms with Gasteiger partial charge in [0, 0.05) is 0 Å². The maximum absolute atomic E-state index is 4.53. The topological polar surface area (TPSA) is 3.01 Å². The van der Waals surface area contributed by atoms with E-state index in [4.69, 9.17) is 0 Å². The number of rotatable bonds is 3. The molecule has 0 amide bonds. The minimum atomic E-state index is -1.97. The summed E-state index contributed by atoms with van der Waals surface area (Å²) in [5, 5.41) is 5.89. The van der Waals surface area contributed by atoms with Crippen LogP contribution in [0.25, 0.3) is 16.3 Å². The van der Waals surface area contributed by atoms with E-state index in [-0.39, 0.29) is 5.41 Å². The van der Waals surface area contributed by atoms with E-state index < -0.39 is 8.07 Å². The number of hydrogen-bond donors (Lipinski definition) is 0. The van der Waals surface area contributed by atoms with Gasteiger partial charge < -0.3 is 0 Å². The molecule has 180 valence electrons. The van der Waals surface area contributed by atoms with Crippen LogP contribution in [0.5, 0.6) is 0 Å². The Morgan fingerprint density at radius 2 is 1.69 bits per heavy atom. The van der Waals surface area contributed by atoms with Crippen molar-refractivity contribution in [1.29, 1.82) is 0 Å². The number of fused-ring (bicyclic) bond motifs is 3. The first kappa shape index (κ1) is 23.9. The smallest absolute Gasteiger partial charge is 0.147 e. The van der Waals surface area contributed by atoms with Gasteiger partial charge in [-0.25, -0.2) is 0 Å². The minimum Gasteiger partial charge on any atom is -0.255 e. The van der Waals surface area contributed by atoms with E-state index >= 15 is 0 Å². The molecule has 0 aliphatic carbocycles. The Kier molecular flexibility index (Phi) is 5.52. The molecule has 3 aromatic rings. The number of allylic oxidation sites excluding steroid dienone is 2. The molecular weight excluding hydrogens is 438 g/mol. The summed E-state index contributed by atoms with van der Waals surface area (Å²) in [7, 11) is -1.97. The molecule has 5 rings (SSSR count). The van der Waals surface area contributed by atoms with Crippen molar-refractivity contribution < 1.29 is 4.58 Å². The van der Waals surface area contributed by atoms with Crippen LogP contribution in [0.3, 0.4) is 0 Å². The highest BCUT2D eigenvalue weighted by Gasteiger charge is 2.46. The average molecular weight is 478 g/mol. The predicted octanol–water partition coefficient (Wildman–Crippen LogP) is 7.69. The Hall–Kier alpha value is -2.84. The van der Waals surface area contributed by atoms with Crippen molar-refractivity contribution in [1.82, 2.24) is 0 Å². The summed E-state index contributed by atoms with van der Waals surface area (Å²) in [5.74, 6) is 0.643. The maximum atomic E-state index is 4.53. The molecule has 0 fully saturated rings. The molecule has 0 atom stereocenters. The van der Waals surface area contributed by atoms with E-state index in [0.29, 0.717) is 5.92 Å². The molecule has 35 heavy (non-hydrogen) atoms. The van der Waals surface area contributed by atoms with Gasteiger partial charge in [-0.1, -0.05) is 125 Å². The van der Waals surface area contributed by atoms with Crippen LogP contribution in [0.4, 0.5) is 0 Å². The van der Waals surface area contributed by atoms with Crippen LogP contribution in [0.15, 0.2) is 66.0 Å². The second-order valence-corrected chi connectivity index (χ2v) is 16.6. The van der Waals surface area contributed by atoms with Gasteiger partial charge in [0.2, 0.25) is 0 Å². The zero-order chi connectivity index (χ0) is 25.3. The summed E-state index contributed by atoms with van der Waals surface area (Å²) in [6, 6.07) is 19.7. The Balaban J connectivity index is 1.79.